The normalized spacial score (nSPS) is 11.3. The lowest BCUT2D eigenvalue weighted by atomic mass is 10.1. The highest BCUT2D eigenvalue weighted by Gasteiger charge is 2.11. The van der Waals surface area contributed by atoms with Crippen LogP contribution in [0.2, 0.25) is 0 Å². The second-order valence-electron chi connectivity index (χ2n) is 9.90. The first kappa shape index (κ1) is 27.4. The summed E-state index contributed by atoms with van der Waals surface area (Å²) in [5.74, 6) is 0.115. The van der Waals surface area contributed by atoms with Gasteiger partial charge in [-0.1, -0.05) is 36.4 Å². The predicted molar refractivity (Wildman–Crippen MR) is 162 cm³/mol. The molecule has 0 aliphatic rings. The van der Waals surface area contributed by atoms with Crippen molar-refractivity contribution in [2.45, 2.75) is 13.1 Å². The Morgan fingerprint density at radius 3 is 2.63 bits per heavy atom. The summed E-state index contributed by atoms with van der Waals surface area (Å²) in [6.45, 7) is 1.51. The van der Waals surface area contributed by atoms with Gasteiger partial charge in [0.05, 0.1) is 12.1 Å². The number of nitrogens with zero attached hydrogens (tertiary/aromatic N) is 5. The number of nitrogens with one attached hydrogen (secondary N) is 2. The van der Waals surface area contributed by atoms with E-state index in [1.165, 1.54) is 16.2 Å². The van der Waals surface area contributed by atoms with Gasteiger partial charge in [0, 0.05) is 49.0 Å². The maximum absolute atomic E-state index is 12.8. The molecule has 41 heavy (non-hydrogen) atoms. The smallest absolute Gasteiger partial charge is 0.263 e. The van der Waals surface area contributed by atoms with E-state index in [1.54, 1.807) is 30.9 Å². The van der Waals surface area contributed by atoms with Gasteiger partial charge in [0.2, 0.25) is 5.95 Å². The molecule has 5 rings (SSSR count). The Balaban J connectivity index is 1.17. The number of aromatic nitrogens is 4. The average Bonchev–Trinajstić information content (AvgIpc) is 2.97. The van der Waals surface area contributed by atoms with Gasteiger partial charge >= 0.3 is 0 Å². The van der Waals surface area contributed by atoms with E-state index >= 15 is 0 Å². The van der Waals surface area contributed by atoms with Crippen LogP contribution >= 0.6 is 0 Å². The first-order valence-electron chi connectivity index (χ1n) is 13.3. The van der Waals surface area contributed by atoms with Crippen LogP contribution in [0.5, 0.6) is 0 Å². The van der Waals surface area contributed by atoms with Crippen LogP contribution in [0.1, 0.15) is 27.0 Å². The molecule has 0 aliphatic carbocycles. The van der Waals surface area contributed by atoms with E-state index in [1.807, 2.05) is 68.7 Å². The molecule has 0 saturated carbocycles. The second kappa shape index (κ2) is 12.8. The molecule has 3 aromatic heterocycles. The number of amides is 1. The highest BCUT2D eigenvalue weighted by Crippen LogP contribution is 2.19. The number of benzene rings is 2. The molecule has 0 bridgehead atoms. The third-order valence-electron chi connectivity index (χ3n) is 6.34. The largest absolute Gasteiger partial charge is 0.348 e. The Labute approximate surface area is 238 Å². The molecule has 9 heteroatoms. The highest BCUT2D eigenvalue weighted by atomic mass is 16.2. The van der Waals surface area contributed by atoms with Crippen LogP contribution in [0.4, 0.5) is 11.6 Å². The van der Waals surface area contributed by atoms with E-state index in [-0.39, 0.29) is 17.7 Å². The van der Waals surface area contributed by atoms with Crippen LogP contribution in [-0.4, -0.2) is 51.0 Å². The van der Waals surface area contributed by atoms with Crippen LogP contribution in [0.25, 0.3) is 17.0 Å². The van der Waals surface area contributed by atoms with Gasteiger partial charge in [0.25, 0.3) is 11.5 Å². The Morgan fingerprint density at radius 2 is 1.85 bits per heavy atom. The zero-order valence-corrected chi connectivity index (χ0v) is 23.0. The summed E-state index contributed by atoms with van der Waals surface area (Å²) < 4.78 is 1.50. The van der Waals surface area contributed by atoms with Crippen molar-refractivity contribution in [2.75, 3.05) is 26.0 Å². The molecule has 1 amide bonds. The van der Waals surface area contributed by atoms with Crippen molar-refractivity contribution in [1.29, 1.82) is 0 Å². The minimum Gasteiger partial charge on any atom is -0.348 e. The standard InChI is InChI=1S/C32H31N7O2/c1-38(2)21-24-9-12-27(13-10-24)36-32-35-20-26-18-23(11-14-29(26)37-32)6-4-16-34-30(40)28-8-5-17-39(31(28)41)22-25-7-3-15-33-19-25/h3-15,17-20H,16,21-22H2,1-2H3,(H,34,40)(H,35,36,37). The molecule has 2 N–H and O–H groups in total. The van der Waals surface area contributed by atoms with Gasteiger partial charge in [-0.3, -0.25) is 14.6 Å². The first-order chi connectivity index (χ1) is 19.9. The highest BCUT2D eigenvalue weighted by molar-refractivity contribution is 5.94. The zero-order chi connectivity index (χ0) is 28.6. The third kappa shape index (κ3) is 7.28. The molecule has 0 saturated heterocycles. The van der Waals surface area contributed by atoms with E-state index in [2.05, 4.69) is 42.6 Å². The van der Waals surface area contributed by atoms with Crippen molar-refractivity contribution in [1.82, 2.24) is 29.7 Å². The number of carbonyl (C=O) groups is 1. The molecule has 5 aromatic rings. The average molecular weight is 546 g/mol. The van der Waals surface area contributed by atoms with Gasteiger partial charge in [0.1, 0.15) is 5.56 Å². The molecule has 0 aliphatic heterocycles. The molecule has 206 valence electrons. The number of hydrogen-bond acceptors (Lipinski definition) is 7. The van der Waals surface area contributed by atoms with E-state index in [4.69, 9.17) is 0 Å². The molecule has 0 atom stereocenters. The van der Waals surface area contributed by atoms with Crippen LogP contribution in [0.15, 0.2) is 102 Å². The lowest BCUT2D eigenvalue weighted by molar-refractivity contribution is 0.0956. The van der Waals surface area contributed by atoms with Gasteiger partial charge in [0.15, 0.2) is 0 Å². The van der Waals surface area contributed by atoms with Gasteiger partial charge in [-0.2, -0.15) is 0 Å². The van der Waals surface area contributed by atoms with Crippen molar-refractivity contribution >= 4 is 34.5 Å². The Kier molecular flexibility index (Phi) is 8.56. The fraction of sp³-hybridized carbons (Fsp3) is 0.156. The van der Waals surface area contributed by atoms with Crippen LogP contribution in [0.3, 0.4) is 0 Å². The molecule has 9 nitrogen and oxygen atoms in total. The zero-order valence-electron chi connectivity index (χ0n) is 23.0. The van der Waals surface area contributed by atoms with Gasteiger partial charge < -0.3 is 20.1 Å². The Morgan fingerprint density at radius 1 is 1.00 bits per heavy atom. The number of pyridine rings is 2. The van der Waals surface area contributed by atoms with Gasteiger partial charge in [-0.05, 0) is 73.3 Å². The molecule has 3 heterocycles. The Bertz CT molecular complexity index is 1730. The molecule has 0 unspecified atom stereocenters. The first-order valence-corrected chi connectivity index (χ1v) is 13.3. The number of hydrogen-bond donors (Lipinski definition) is 2. The lowest BCUT2D eigenvalue weighted by Gasteiger charge is -2.11. The van der Waals surface area contributed by atoms with E-state index < -0.39 is 5.91 Å². The quantitative estimate of drug-likeness (QED) is 0.267. The minimum absolute atomic E-state index is 0.0987. The molecule has 0 radical (unpaired) electrons. The van der Waals surface area contributed by atoms with Crippen LogP contribution in [0, 0.1) is 0 Å². The summed E-state index contributed by atoms with van der Waals surface area (Å²) in [6.07, 6.45) is 10.6. The van der Waals surface area contributed by atoms with Crippen molar-refractivity contribution in [2.24, 2.45) is 0 Å². The molecular formula is C32H31N7O2. The van der Waals surface area contributed by atoms with Gasteiger partial charge in [-0.25, -0.2) is 9.97 Å². The molecular weight excluding hydrogens is 514 g/mol. The van der Waals surface area contributed by atoms with Crippen molar-refractivity contribution in [3.05, 3.63) is 130 Å². The summed E-state index contributed by atoms with van der Waals surface area (Å²) >= 11 is 0. The van der Waals surface area contributed by atoms with E-state index in [9.17, 15) is 9.59 Å². The van der Waals surface area contributed by atoms with E-state index in [0.717, 1.165) is 34.3 Å². The monoisotopic (exact) mass is 545 g/mol. The lowest BCUT2D eigenvalue weighted by Crippen LogP contribution is -2.33. The van der Waals surface area contributed by atoms with Crippen molar-refractivity contribution in [3.63, 3.8) is 0 Å². The van der Waals surface area contributed by atoms with Crippen molar-refractivity contribution in [3.8, 4) is 0 Å². The fourth-order valence-corrected chi connectivity index (χ4v) is 4.37. The molecule has 0 fully saturated rings. The summed E-state index contributed by atoms with van der Waals surface area (Å²) in [5.41, 5.74) is 4.57. The predicted octanol–water partition coefficient (Wildman–Crippen LogP) is 4.48. The number of anilines is 2. The number of rotatable bonds is 10. The summed E-state index contributed by atoms with van der Waals surface area (Å²) in [5, 5.41) is 6.96. The maximum atomic E-state index is 12.8. The fourth-order valence-electron chi connectivity index (χ4n) is 4.37. The topological polar surface area (TPSA) is 105 Å². The maximum Gasteiger partial charge on any atom is 0.263 e. The van der Waals surface area contributed by atoms with E-state index in [0.29, 0.717) is 12.5 Å². The second-order valence-corrected chi connectivity index (χ2v) is 9.90. The molecule has 2 aromatic carbocycles. The van der Waals surface area contributed by atoms with Crippen molar-refractivity contribution < 1.29 is 4.79 Å². The molecule has 0 spiro atoms. The van der Waals surface area contributed by atoms with Crippen LogP contribution in [-0.2, 0) is 13.1 Å². The minimum atomic E-state index is -0.417. The summed E-state index contributed by atoms with van der Waals surface area (Å²) in [6, 6.07) is 21.0. The van der Waals surface area contributed by atoms with Crippen LogP contribution < -0.4 is 16.2 Å². The van der Waals surface area contributed by atoms with Gasteiger partial charge in [-0.15, -0.1) is 0 Å². The summed E-state index contributed by atoms with van der Waals surface area (Å²) in [4.78, 5) is 40.8. The number of fused-ring (bicyclic) bond motifs is 1. The Hall–Kier alpha value is -5.15. The summed E-state index contributed by atoms with van der Waals surface area (Å²) in [7, 11) is 4.09. The third-order valence-corrected chi connectivity index (χ3v) is 6.34. The SMILES string of the molecule is CN(C)Cc1ccc(Nc2ncc3cc(C=CCNC(=O)c4cccn(Cc5cccnc5)c4=O)ccc3n2)cc1. The number of carbonyl (C=O) groups excluding carboxylic acids is 1.